The Kier molecular flexibility index (Phi) is 6.03. The van der Waals surface area contributed by atoms with Gasteiger partial charge in [-0.2, -0.15) is 0 Å². The lowest BCUT2D eigenvalue weighted by molar-refractivity contribution is -0.145. The van der Waals surface area contributed by atoms with Crippen molar-refractivity contribution in [1.82, 2.24) is 10.2 Å². The van der Waals surface area contributed by atoms with E-state index in [2.05, 4.69) is 29.1 Å². The molecule has 2 atom stereocenters. The zero-order chi connectivity index (χ0) is 18.6. The van der Waals surface area contributed by atoms with Gasteiger partial charge in [0.25, 0.3) is 0 Å². The Labute approximate surface area is 149 Å². The van der Waals surface area contributed by atoms with Crippen molar-refractivity contribution in [2.75, 3.05) is 33.8 Å². The third-order valence-corrected chi connectivity index (χ3v) is 4.92. The molecular formula is C19H28FN3O2. The first-order chi connectivity index (χ1) is 11.8. The van der Waals surface area contributed by atoms with Crippen molar-refractivity contribution in [2.45, 2.75) is 26.2 Å². The van der Waals surface area contributed by atoms with Gasteiger partial charge in [0.05, 0.1) is 13.0 Å². The fourth-order valence-electron chi connectivity index (χ4n) is 3.24. The van der Waals surface area contributed by atoms with Crippen molar-refractivity contribution in [1.29, 1.82) is 0 Å². The van der Waals surface area contributed by atoms with Crippen LogP contribution in [0.1, 0.15) is 26.3 Å². The van der Waals surface area contributed by atoms with E-state index in [9.17, 15) is 9.18 Å². The number of likely N-dealkylation sites (tertiary alicyclic amines) is 1. The van der Waals surface area contributed by atoms with E-state index in [1.807, 2.05) is 13.0 Å². The molecule has 0 amide bonds. The first-order valence-electron chi connectivity index (χ1n) is 8.58. The maximum absolute atomic E-state index is 13.5. The second kappa shape index (κ2) is 7.85. The lowest BCUT2D eigenvalue weighted by Crippen LogP contribution is -2.45. The number of carbonyl (C=O) groups excluding carboxylic acids is 1. The Morgan fingerprint density at radius 2 is 2.16 bits per heavy atom. The molecule has 1 aromatic rings. The molecule has 0 aromatic heterocycles. The van der Waals surface area contributed by atoms with Gasteiger partial charge in [0.2, 0.25) is 0 Å². The molecule has 0 spiro atoms. The van der Waals surface area contributed by atoms with Crippen LogP contribution in [0.4, 0.5) is 4.39 Å². The van der Waals surface area contributed by atoms with Crippen LogP contribution in [-0.2, 0) is 14.9 Å². The number of guanidine groups is 1. The van der Waals surface area contributed by atoms with Gasteiger partial charge in [0, 0.05) is 32.1 Å². The van der Waals surface area contributed by atoms with Crippen molar-refractivity contribution in [3.8, 4) is 0 Å². The summed E-state index contributed by atoms with van der Waals surface area (Å²) in [6.07, 6.45) is 0. The van der Waals surface area contributed by atoms with Gasteiger partial charge >= 0.3 is 5.97 Å². The predicted molar refractivity (Wildman–Crippen MR) is 97.0 cm³/mol. The van der Waals surface area contributed by atoms with Gasteiger partial charge in [-0.05, 0) is 23.6 Å². The summed E-state index contributed by atoms with van der Waals surface area (Å²) < 4.78 is 18.4. The van der Waals surface area contributed by atoms with Gasteiger partial charge in [0.1, 0.15) is 5.82 Å². The highest BCUT2D eigenvalue weighted by Crippen LogP contribution is 2.25. The molecule has 1 aliphatic rings. The molecule has 0 saturated carbocycles. The number of methoxy groups -OCH3 is 1. The third kappa shape index (κ3) is 4.50. The van der Waals surface area contributed by atoms with E-state index in [0.29, 0.717) is 13.1 Å². The second-order valence-electron chi connectivity index (χ2n) is 7.31. The van der Waals surface area contributed by atoms with Crippen molar-refractivity contribution in [3.63, 3.8) is 0 Å². The number of nitrogens with one attached hydrogen (secondary N) is 1. The van der Waals surface area contributed by atoms with Crippen LogP contribution in [-0.4, -0.2) is 50.6 Å². The lowest BCUT2D eigenvalue weighted by Gasteiger charge is -2.29. The summed E-state index contributed by atoms with van der Waals surface area (Å²) in [5.41, 5.74) is 0.670. The molecule has 1 saturated heterocycles. The highest BCUT2D eigenvalue weighted by Gasteiger charge is 2.37. The molecule has 0 bridgehead atoms. The minimum atomic E-state index is -0.259. The molecule has 5 nitrogen and oxygen atoms in total. The highest BCUT2D eigenvalue weighted by molar-refractivity contribution is 5.82. The van der Waals surface area contributed by atoms with Crippen LogP contribution in [0.3, 0.4) is 0 Å². The normalized spacial score (nSPS) is 21.4. The Bertz CT molecular complexity index is 645. The summed E-state index contributed by atoms with van der Waals surface area (Å²) in [5.74, 6) is 0.416. The molecular weight excluding hydrogens is 321 g/mol. The lowest BCUT2D eigenvalue weighted by atomic mass is 9.84. The molecule has 1 N–H and O–H groups in total. The number of aliphatic imine (C=N–C) groups is 1. The molecule has 1 aliphatic heterocycles. The van der Waals surface area contributed by atoms with Gasteiger partial charge < -0.3 is 15.0 Å². The number of hydrogen-bond donors (Lipinski definition) is 1. The Balaban J connectivity index is 2.02. The molecule has 138 valence electrons. The van der Waals surface area contributed by atoms with Crippen LogP contribution in [0, 0.1) is 17.7 Å². The molecule has 0 aliphatic carbocycles. The zero-order valence-corrected chi connectivity index (χ0v) is 15.7. The van der Waals surface area contributed by atoms with E-state index >= 15 is 0 Å². The van der Waals surface area contributed by atoms with Gasteiger partial charge in [-0.15, -0.1) is 0 Å². The van der Waals surface area contributed by atoms with Gasteiger partial charge in [0.15, 0.2) is 5.96 Å². The zero-order valence-electron chi connectivity index (χ0n) is 15.7. The van der Waals surface area contributed by atoms with Crippen LogP contribution >= 0.6 is 0 Å². The van der Waals surface area contributed by atoms with Gasteiger partial charge in [-0.1, -0.05) is 32.9 Å². The Hall–Kier alpha value is -2.11. The second-order valence-corrected chi connectivity index (χ2v) is 7.31. The first-order valence-corrected chi connectivity index (χ1v) is 8.58. The summed E-state index contributed by atoms with van der Waals surface area (Å²) in [6, 6.07) is 6.67. The van der Waals surface area contributed by atoms with E-state index in [1.165, 1.54) is 13.2 Å². The largest absolute Gasteiger partial charge is 0.469 e. The summed E-state index contributed by atoms with van der Waals surface area (Å²) in [7, 11) is 3.15. The number of halogens is 1. The van der Waals surface area contributed by atoms with Crippen LogP contribution in [0.25, 0.3) is 0 Å². The number of rotatable bonds is 4. The van der Waals surface area contributed by atoms with Crippen molar-refractivity contribution >= 4 is 11.9 Å². The third-order valence-electron chi connectivity index (χ3n) is 4.92. The van der Waals surface area contributed by atoms with E-state index in [1.54, 1.807) is 19.2 Å². The maximum Gasteiger partial charge on any atom is 0.310 e. The summed E-state index contributed by atoms with van der Waals surface area (Å²) >= 11 is 0. The number of carbonyl (C=O) groups is 1. The monoisotopic (exact) mass is 349 g/mol. The number of hydrogen-bond acceptors (Lipinski definition) is 3. The van der Waals surface area contributed by atoms with E-state index in [0.717, 1.165) is 18.1 Å². The average Bonchev–Trinajstić information content (AvgIpc) is 2.96. The van der Waals surface area contributed by atoms with E-state index < -0.39 is 0 Å². The number of ether oxygens (including phenoxy) is 1. The van der Waals surface area contributed by atoms with Crippen LogP contribution in [0.15, 0.2) is 29.3 Å². The number of nitrogens with zero attached hydrogens (tertiary/aromatic N) is 2. The smallest absolute Gasteiger partial charge is 0.310 e. The van der Waals surface area contributed by atoms with Crippen molar-refractivity contribution < 1.29 is 13.9 Å². The molecule has 1 heterocycles. The quantitative estimate of drug-likeness (QED) is 0.515. The topological polar surface area (TPSA) is 53.9 Å². The maximum atomic E-state index is 13.5. The molecule has 6 heteroatoms. The Morgan fingerprint density at radius 3 is 2.76 bits per heavy atom. The molecule has 1 aromatic carbocycles. The standard InChI is InChI=1S/C19H28FN3O2/c1-13-10-23(11-16(13)17(24)25-5)18(21-4)22-12-19(2,3)14-7-6-8-15(20)9-14/h6-9,13,16H,10-12H2,1-5H3,(H,21,22). The van der Waals surface area contributed by atoms with Crippen molar-refractivity contribution in [2.24, 2.45) is 16.8 Å². The fourth-order valence-corrected chi connectivity index (χ4v) is 3.24. The van der Waals surface area contributed by atoms with Gasteiger partial charge in [-0.3, -0.25) is 9.79 Å². The minimum Gasteiger partial charge on any atom is -0.469 e. The molecule has 2 rings (SSSR count). The predicted octanol–water partition coefficient (Wildman–Crippen LogP) is 2.42. The van der Waals surface area contributed by atoms with Crippen LogP contribution in [0.5, 0.6) is 0 Å². The summed E-state index contributed by atoms with van der Waals surface area (Å²) in [5, 5.41) is 3.37. The molecule has 2 unspecified atom stereocenters. The molecule has 0 radical (unpaired) electrons. The Morgan fingerprint density at radius 1 is 1.44 bits per heavy atom. The van der Waals surface area contributed by atoms with Gasteiger partial charge in [-0.25, -0.2) is 4.39 Å². The van der Waals surface area contributed by atoms with Crippen LogP contribution in [0.2, 0.25) is 0 Å². The highest BCUT2D eigenvalue weighted by atomic mass is 19.1. The van der Waals surface area contributed by atoms with E-state index in [4.69, 9.17) is 4.74 Å². The number of esters is 1. The minimum absolute atomic E-state index is 0.139. The molecule has 25 heavy (non-hydrogen) atoms. The van der Waals surface area contributed by atoms with E-state index in [-0.39, 0.29) is 29.0 Å². The fraction of sp³-hybridized carbons (Fsp3) is 0.579. The van der Waals surface area contributed by atoms with Crippen molar-refractivity contribution in [3.05, 3.63) is 35.6 Å². The average molecular weight is 349 g/mol. The molecule has 1 fully saturated rings. The first kappa shape index (κ1) is 19.2. The summed E-state index contributed by atoms with van der Waals surface area (Å²) in [6.45, 7) is 8.12. The van der Waals surface area contributed by atoms with Crippen LogP contribution < -0.4 is 5.32 Å². The summed E-state index contributed by atoms with van der Waals surface area (Å²) in [4.78, 5) is 18.3. The SMILES string of the molecule is CN=C(NCC(C)(C)c1cccc(F)c1)N1CC(C)C(C(=O)OC)C1. The number of benzene rings is 1.